The molecule has 0 fully saturated rings. The Kier molecular flexibility index (Phi) is 8.31. The topological polar surface area (TPSA) is 128 Å². The van der Waals surface area contributed by atoms with E-state index in [0.717, 1.165) is 41.1 Å². The lowest BCUT2D eigenvalue weighted by Crippen LogP contribution is -2.34. The number of para-hydroxylation sites is 1. The van der Waals surface area contributed by atoms with Crippen molar-refractivity contribution in [3.05, 3.63) is 63.7 Å². The van der Waals surface area contributed by atoms with E-state index in [9.17, 15) is 23.3 Å². The summed E-state index contributed by atoms with van der Waals surface area (Å²) >= 11 is 0. The first-order chi connectivity index (χ1) is 14.2. The molecule has 0 spiro atoms. The van der Waals surface area contributed by atoms with Crippen LogP contribution >= 0.6 is 0 Å². The van der Waals surface area contributed by atoms with Gasteiger partial charge in [-0.3, -0.25) is 14.9 Å². The second kappa shape index (κ2) is 10.7. The highest BCUT2D eigenvalue weighted by molar-refractivity contribution is 7.89. The van der Waals surface area contributed by atoms with Crippen LogP contribution in [0.1, 0.15) is 24.0 Å². The molecular weight excluding hydrogens is 410 g/mol. The fourth-order valence-electron chi connectivity index (χ4n) is 2.74. The van der Waals surface area contributed by atoms with E-state index in [2.05, 4.69) is 10.0 Å². The highest BCUT2D eigenvalue weighted by Crippen LogP contribution is 2.22. The summed E-state index contributed by atoms with van der Waals surface area (Å²) < 4.78 is 32.4. The van der Waals surface area contributed by atoms with E-state index < -0.39 is 14.9 Å². The first-order valence-electron chi connectivity index (χ1n) is 9.40. The molecular formula is C20H25N3O6S. The van der Waals surface area contributed by atoms with E-state index in [1.165, 1.54) is 0 Å². The Hall–Kier alpha value is -2.98. The summed E-state index contributed by atoms with van der Waals surface area (Å²) in [6.07, 6.45) is 0.800. The molecule has 0 radical (unpaired) electrons. The summed E-state index contributed by atoms with van der Waals surface area (Å²) in [4.78, 5) is 21.8. The number of amides is 1. The largest absolute Gasteiger partial charge is 0.493 e. The van der Waals surface area contributed by atoms with Gasteiger partial charge in [0.2, 0.25) is 15.9 Å². The number of rotatable bonds is 11. The molecule has 0 saturated heterocycles. The Morgan fingerprint density at radius 2 is 1.70 bits per heavy atom. The summed E-state index contributed by atoms with van der Waals surface area (Å²) in [5, 5.41) is 13.3. The summed E-state index contributed by atoms with van der Waals surface area (Å²) in [5.41, 5.74) is 1.89. The van der Waals surface area contributed by atoms with Crippen molar-refractivity contribution in [2.75, 3.05) is 19.7 Å². The maximum atomic E-state index is 12.1. The summed E-state index contributed by atoms with van der Waals surface area (Å²) in [6, 6.07) is 10.5. The molecule has 1 amide bonds. The Morgan fingerprint density at radius 3 is 2.30 bits per heavy atom. The first-order valence-corrected chi connectivity index (χ1v) is 10.9. The van der Waals surface area contributed by atoms with E-state index in [1.54, 1.807) is 0 Å². The van der Waals surface area contributed by atoms with Crippen molar-refractivity contribution in [1.29, 1.82) is 0 Å². The first kappa shape index (κ1) is 23.3. The minimum atomic E-state index is -3.80. The van der Waals surface area contributed by atoms with Crippen LogP contribution in [0.15, 0.2) is 47.4 Å². The fourth-order valence-corrected chi connectivity index (χ4v) is 3.77. The third-order valence-corrected chi connectivity index (χ3v) is 5.78. The van der Waals surface area contributed by atoms with Gasteiger partial charge >= 0.3 is 0 Å². The molecule has 0 bridgehead atoms. The SMILES string of the molecule is Cc1cccc(C)c1OCCCC(=O)NCCNS(=O)(=O)c1ccc([N+](=O)[O-])cc1. The van der Waals surface area contributed by atoms with Gasteiger partial charge in [0.15, 0.2) is 0 Å². The number of hydrogen-bond acceptors (Lipinski definition) is 6. The third-order valence-electron chi connectivity index (χ3n) is 4.30. The summed E-state index contributed by atoms with van der Waals surface area (Å²) in [6.45, 7) is 4.47. The van der Waals surface area contributed by atoms with Gasteiger partial charge in [0.05, 0.1) is 16.4 Å². The van der Waals surface area contributed by atoms with Crippen LogP contribution in [0.25, 0.3) is 0 Å². The minimum absolute atomic E-state index is 0.00393. The number of carbonyl (C=O) groups excluding carboxylic acids is 1. The zero-order valence-electron chi connectivity index (χ0n) is 16.9. The normalized spacial score (nSPS) is 11.1. The molecule has 0 atom stereocenters. The average Bonchev–Trinajstić information content (AvgIpc) is 2.70. The second-order valence-corrected chi connectivity index (χ2v) is 8.44. The van der Waals surface area contributed by atoms with Crippen molar-refractivity contribution in [3.8, 4) is 5.75 Å². The predicted molar refractivity (Wildman–Crippen MR) is 112 cm³/mol. The predicted octanol–water partition coefficient (Wildman–Crippen LogP) is 2.47. The van der Waals surface area contributed by atoms with Crippen LogP contribution < -0.4 is 14.8 Å². The van der Waals surface area contributed by atoms with Gasteiger partial charge in [-0.2, -0.15) is 0 Å². The maximum Gasteiger partial charge on any atom is 0.269 e. The monoisotopic (exact) mass is 435 g/mol. The van der Waals surface area contributed by atoms with E-state index >= 15 is 0 Å². The van der Waals surface area contributed by atoms with Crippen LogP contribution in [0, 0.1) is 24.0 Å². The van der Waals surface area contributed by atoms with Gasteiger partial charge < -0.3 is 10.1 Å². The Morgan fingerprint density at radius 1 is 1.07 bits per heavy atom. The van der Waals surface area contributed by atoms with Gasteiger partial charge in [0.25, 0.3) is 5.69 Å². The molecule has 2 N–H and O–H groups in total. The lowest BCUT2D eigenvalue weighted by molar-refractivity contribution is -0.384. The van der Waals surface area contributed by atoms with Crippen molar-refractivity contribution in [2.45, 2.75) is 31.6 Å². The molecule has 9 nitrogen and oxygen atoms in total. The summed E-state index contributed by atoms with van der Waals surface area (Å²) in [7, 11) is -3.80. The Bertz CT molecular complexity index is 970. The lowest BCUT2D eigenvalue weighted by Gasteiger charge is -2.12. The average molecular weight is 436 g/mol. The number of nitrogens with one attached hydrogen (secondary N) is 2. The Balaban J connectivity index is 1.67. The zero-order valence-corrected chi connectivity index (χ0v) is 17.7. The van der Waals surface area contributed by atoms with Crippen LogP contribution in [0.3, 0.4) is 0 Å². The molecule has 0 saturated carbocycles. The molecule has 10 heteroatoms. The molecule has 0 aliphatic rings. The van der Waals surface area contributed by atoms with Crippen LogP contribution in [0.4, 0.5) is 5.69 Å². The number of benzene rings is 2. The summed E-state index contributed by atoms with van der Waals surface area (Å²) in [5.74, 6) is 0.633. The van der Waals surface area contributed by atoms with Gasteiger partial charge in [-0.25, -0.2) is 13.1 Å². The Labute approximate surface area is 175 Å². The molecule has 2 aromatic rings. The molecule has 0 aliphatic heterocycles. The van der Waals surface area contributed by atoms with E-state index in [1.807, 2.05) is 32.0 Å². The van der Waals surface area contributed by atoms with Crippen LogP contribution in [-0.2, 0) is 14.8 Å². The zero-order chi connectivity index (χ0) is 22.1. The van der Waals surface area contributed by atoms with Crippen molar-refractivity contribution < 1.29 is 22.9 Å². The molecule has 0 aliphatic carbocycles. The van der Waals surface area contributed by atoms with Crippen LogP contribution in [-0.4, -0.2) is 38.9 Å². The van der Waals surface area contributed by atoms with Gasteiger partial charge in [0, 0.05) is 31.6 Å². The van der Waals surface area contributed by atoms with E-state index in [0.29, 0.717) is 13.0 Å². The number of aryl methyl sites for hydroxylation is 2. The van der Waals surface area contributed by atoms with Gasteiger partial charge in [-0.15, -0.1) is 0 Å². The molecule has 30 heavy (non-hydrogen) atoms. The number of nitro groups is 1. The van der Waals surface area contributed by atoms with Crippen molar-refractivity contribution in [3.63, 3.8) is 0 Å². The number of nitrogens with zero attached hydrogens (tertiary/aromatic N) is 1. The van der Waals surface area contributed by atoms with Crippen LogP contribution in [0.5, 0.6) is 5.75 Å². The molecule has 2 aromatic carbocycles. The standard InChI is InChI=1S/C20H25N3O6S/c1-15-5-3-6-16(2)20(15)29-14-4-7-19(24)21-12-13-22-30(27,28)18-10-8-17(9-11-18)23(25)26/h3,5-6,8-11,22H,4,7,12-14H2,1-2H3,(H,21,24). The van der Waals surface area contributed by atoms with E-state index in [-0.39, 0.29) is 36.0 Å². The molecule has 0 aromatic heterocycles. The van der Waals surface area contributed by atoms with Gasteiger partial charge in [0.1, 0.15) is 5.75 Å². The maximum absolute atomic E-state index is 12.1. The number of ether oxygens (including phenoxy) is 1. The quantitative estimate of drug-likeness (QED) is 0.317. The van der Waals surface area contributed by atoms with E-state index in [4.69, 9.17) is 4.74 Å². The minimum Gasteiger partial charge on any atom is -0.493 e. The smallest absolute Gasteiger partial charge is 0.269 e. The van der Waals surface area contributed by atoms with Crippen molar-refractivity contribution in [2.24, 2.45) is 0 Å². The molecule has 0 heterocycles. The third kappa shape index (κ3) is 6.82. The van der Waals surface area contributed by atoms with Gasteiger partial charge in [-0.1, -0.05) is 18.2 Å². The number of carbonyl (C=O) groups is 1. The number of nitro benzene ring substituents is 1. The van der Waals surface area contributed by atoms with Crippen molar-refractivity contribution in [1.82, 2.24) is 10.0 Å². The number of hydrogen-bond donors (Lipinski definition) is 2. The van der Waals surface area contributed by atoms with Gasteiger partial charge in [-0.05, 0) is 43.5 Å². The highest BCUT2D eigenvalue weighted by atomic mass is 32.2. The fraction of sp³-hybridized carbons (Fsp3) is 0.350. The van der Waals surface area contributed by atoms with Crippen molar-refractivity contribution >= 4 is 21.6 Å². The molecule has 2 rings (SSSR count). The second-order valence-electron chi connectivity index (χ2n) is 6.67. The number of sulfonamides is 1. The molecule has 0 unspecified atom stereocenters. The number of non-ortho nitro benzene ring substituents is 1. The van der Waals surface area contributed by atoms with Crippen LogP contribution in [0.2, 0.25) is 0 Å². The molecule has 162 valence electrons. The lowest BCUT2D eigenvalue weighted by atomic mass is 10.1. The highest BCUT2D eigenvalue weighted by Gasteiger charge is 2.15.